The smallest absolute Gasteiger partial charge is 0.286 e. The van der Waals surface area contributed by atoms with Gasteiger partial charge in [-0.3, -0.25) is 14.3 Å². The minimum absolute atomic E-state index is 0.0748. The van der Waals surface area contributed by atoms with Gasteiger partial charge in [-0.05, 0) is 43.2 Å². The van der Waals surface area contributed by atoms with E-state index in [2.05, 4.69) is 16.4 Å². The first-order valence-corrected chi connectivity index (χ1v) is 13.8. The van der Waals surface area contributed by atoms with Crippen molar-refractivity contribution in [3.8, 4) is 5.69 Å². The van der Waals surface area contributed by atoms with Crippen LogP contribution in [0.2, 0.25) is 0 Å². The molecule has 0 saturated heterocycles. The number of carbonyl (C=O) groups excluding carboxylic acids is 1. The number of ether oxygens (including phenoxy) is 3. The molecule has 0 radical (unpaired) electrons. The van der Waals surface area contributed by atoms with Crippen LogP contribution in [0.3, 0.4) is 0 Å². The molecule has 4 aromatic rings. The zero-order chi connectivity index (χ0) is 28.8. The van der Waals surface area contributed by atoms with E-state index in [-0.39, 0.29) is 43.7 Å². The van der Waals surface area contributed by atoms with E-state index < -0.39 is 12.2 Å². The Morgan fingerprint density at radius 2 is 1.90 bits per heavy atom. The predicted octanol–water partition coefficient (Wildman–Crippen LogP) is 3.06. The van der Waals surface area contributed by atoms with Crippen molar-refractivity contribution < 1.29 is 24.1 Å². The molecule has 41 heavy (non-hydrogen) atoms. The van der Waals surface area contributed by atoms with Crippen LogP contribution in [-0.4, -0.2) is 64.6 Å². The van der Waals surface area contributed by atoms with Crippen LogP contribution in [0.4, 0.5) is 0 Å². The van der Waals surface area contributed by atoms with Crippen LogP contribution < -0.4 is 10.9 Å². The summed E-state index contributed by atoms with van der Waals surface area (Å²) < 4.78 is 20.6. The van der Waals surface area contributed by atoms with Crippen molar-refractivity contribution in [2.45, 2.75) is 32.0 Å². The molecule has 0 unspecified atom stereocenters. The maximum absolute atomic E-state index is 13.7. The number of nitrogens with zero attached hydrogens (tertiary/aromatic N) is 2. The Labute approximate surface area is 238 Å². The fraction of sp³-hybridized carbons (Fsp3) is 0.355. The van der Waals surface area contributed by atoms with Crippen LogP contribution >= 0.6 is 0 Å². The lowest BCUT2D eigenvalue weighted by Crippen LogP contribution is -2.35. The van der Waals surface area contributed by atoms with Gasteiger partial charge in [-0.15, -0.1) is 0 Å². The summed E-state index contributed by atoms with van der Waals surface area (Å²) in [6.07, 6.45) is 3.94. The van der Waals surface area contributed by atoms with Crippen molar-refractivity contribution in [1.29, 1.82) is 0 Å². The Hall–Kier alpha value is -4.12. The van der Waals surface area contributed by atoms with Gasteiger partial charge in [-0.25, -0.2) is 4.68 Å². The monoisotopic (exact) mass is 560 g/mol. The molecule has 10 heteroatoms. The van der Waals surface area contributed by atoms with E-state index in [9.17, 15) is 9.59 Å². The van der Waals surface area contributed by atoms with E-state index in [1.54, 1.807) is 10.8 Å². The second kappa shape index (κ2) is 13.0. The van der Waals surface area contributed by atoms with Crippen molar-refractivity contribution in [1.82, 2.24) is 19.7 Å². The van der Waals surface area contributed by atoms with Crippen molar-refractivity contribution in [2.24, 2.45) is 7.05 Å². The molecule has 0 aliphatic carbocycles. The summed E-state index contributed by atoms with van der Waals surface area (Å²) in [5.41, 5.74) is 4.16. The number of benzene rings is 2. The minimum Gasteiger partial charge on any atom is -0.459 e. The van der Waals surface area contributed by atoms with Gasteiger partial charge in [-0.1, -0.05) is 36.4 Å². The van der Waals surface area contributed by atoms with Gasteiger partial charge in [0.2, 0.25) is 6.29 Å². The number of aliphatic hydroxyl groups excluding tert-OH is 1. The first kappa shape index (κ1) is 28.4. The number of allylic oxidation sites excluding steroid dienone is 1. The number of para-hydroxylation sites is 2. The van der Waals surface area contributed by atoms with Crippen LogP contribution in [0, 0.1) is 6.92 Å². The van der Waals surface area contributed by atoms with E-state index in [4.69, 9.17) is 19.3 Å². The van der Waals surface area contributed by atoms with Gasteiger partial charge in [0.15, 0.2) is 5.76 Å². The third-order valence-electron chi connectivity index (χ3n) is 7.37. The summed E-state index contributed by atoms with van der Waals surface area (Å²) >= 11 is 0. The number of aromatic nitrogens is 3. The molecule has 0 fully saturated rings. The highest BCUT2D eigenvalue weighted by molar-refractivity contribution is 5.91. The molecule has 2 aromatic heterocycles. The van der Waals surface area contributed by atoms with Gasteiger partial charge in [0.25, 0.3) is 11.5 Å². The molecule has 3 heterocycles. The molecular formula is C31H36N4O6. The number of nitrogens with one attached hydrogen (secondary N) is 2. The van der Waals surface area contributed by atoms with Gasteiger partial charge in [0.1, 0.15) is 0 Å². The largest absolute Gasteiger partial charge is 0.459 e. The first-order valence-electron chi connectivity index (χ1n) is 13.8. The van der Waals surface area contributed by atoms with E-state index in [1.807, 2.05) is 73.4 Å². The Morgan fingerprint density at radius 1 is 1.12 bits per heavy atom. The van der Waals surface area contributed by atoms with Crippen molar-refractivity contribution in [2.75, 3.05) is 33.0 Å². The van der Waals surface area contributed by atoms with Gasteiger partial charge in [0, 0.05) is 54.3 Å². The van der Waals surface area contributed by atoms with E-state index >= 15 is 0 Å². The standard InChI is InChI=1S/C31H36N4O6/c1-21-29(31(38)35(34(21)2)24-8-4-3-5-9-24)23-18-27(41-28(19-23)40-17-16-39-15-14-36)30(37)32-13-12-22-20-33-26-11-7-6-10-25(22)26/h3-11,18,20,23,28,33,36H,12-17,19H2,1-2H3,(H,32,37)/t23-,28+/m0/s1. The molecule has 3 N–H and O–H groups in total. The number of fused-ring (bicyclic) bond motifs is 1. The van der Waals surface area contributed by atoms with Crippen molar-refractivity contribution in [3.05, 3.63) is 99.8 Å². The van der Waals surface area contributed by atoms with Crippen LogP contribution in [0.5, 0.6) is 0 Å². The Kier molecular flexibility index (Phi) is 9.03. The molecule has 0 saturated carbocycles. The molecule has 5 rings (SSSR count). The van der Waals surface area contributed by atoms with Crippen LogP contribution in [0.15, 0.2) is 77.4 Å². The average molecular weight is 561 g/mol. The lowest BCUT2D eigenvalue weighted by molar-refractivity contribution is -0.151. The summed E-state index contributed by atoms with van der Waals surface area (Å²) in [4.78, 5) is 30.3. The highest BCUT2D eigenvalue weighted by atomic mass is 16.7. The molecule has 1 amide bonds. The number of rotatable bonds is 12. The van der Waals surface area contributed by atoms with Gasteiger partial charge >= 0.3 is 0 Å². The SMILES string of the molecule is Cc1c([C@H]2C=C(C(=O)NCCc3c[nH]c4ccccc34)O[C@@H](OCCOCCO)C2)c(=O)n(-c2ccccc2)n1C. The summed E-state index contributed by atoms with van der Waals surface area (Å²) in [7, 11) is 1.85. The molecule has 1 aliphatic heterocycles. The quantitative estimate of drug-likeness (QED) is 0.229. The number of amides is 1. The zero-order valence-electron chi connectivity index (χ0n) is 23.3. The maximum atomic E-state index is 13.7. The molecular weight excluding hydrogens is 524 g/mol. The van der Waals surface area contributed by atoms with E-state index in [0.717, 1.165) is 27.8 Å². The fourth-order valence-corrected chi connectivity index (χ4v) is 5.28. The number of hydrogen-bond donors (Lipinski definition) is 3. The third-order valence-corrected chi connectivity index (χ3v) is 7.37. The number of carbonyl (C=O) groups is 1. The Morgan fingerprint density at radius 3 is 2.71 bits per heavy atom. The molecule has 10 nitrogen and oxygen atoms in total. The highest BCUT2D eigenvalue weighted by Crippen LogP contribution is 2.32. The van der Waals surface area contributed by atoms with E-state index in [0.29, 0.717) is 24.9 Å². The summed E-state index contributed by atoms with van der Waals surface area (Å²) in [5.74, 6) is -0.642. The minimum atomic E-state index is -0.749. The van der Waals surface area contributed by atoms with Crippen LogP contribution in [0.1, 0.15) is 29.2 Å². The van der Waals surface area contributed by atoms with E-state index in [1.165, 1.54) is 0 Å². The summed E-state index contributed by atoms with van der Waals surface area (Å²) in [5, 5.41) is 13.0. The lowest BCUT2D eigenvalue weighted by Gasteiger charge is -2.29. The topological polar surface area (TPSA) is 120 Å². The first-order chi connectivity index (χ1) is 20.0. The lowest BCUT2D eigenvalue weighted by atomic mass is 9.93. The summed E-state index contributed by atoms with van der Waals surface area (Å²) in [6.45, 7) is 2.94. The predicted molar refractivity (Wildman–Crippen MR) is 155 cm³/mol. The van der Waals surface area contributed by atoms with Crippen LogP contribution in [-0.2, 0) is 32.5 Å². The number of aliphatic hydroxyl groups is 1. The van der Waals surface area contributed by atoms with Gasteiger partial charge < -0.3 is 29.6 Å². The second-order valence-electron chi connectivity index (χ2n) is 9.97. The molecule has 216 valence electrons. The molecule has 0 spiro atoms. The van der Waals surface area contributed by atoms with Gasteiger partial charge in [-0.2, -0.15) is 0 Å². The molecule has 2 atom stereocenters. The van der Waals surface area contributed by atoms with Crippen LogP contribution in [0.25, 0.3) is 16.6 Å². The highest BCUT2D eigenvalue weighted by Gasteiger charge is 2.33. The third kappa shape index (κ3) is 6.30. The number of aromatic amines is 1. The fourth-order valence-electron chi connectivity index (χ4n) is 5.28. The normalized spacial score (nSPS) is 16.9. The van der Waals surface area contributed by atoms with Crippen molar-refractivity contribution in [3.63, 3.8) is 0 Å². The molecule has 0 bridgehead atoms. The average Bonchev–Trinajstić information content (AvgIpc) is 3.50. The number of hydrogen-bond acceptors (Lipinski definition) is 6. The molecule has 1 aliphatic rings. The Bertz CT molecular complexity index is 1570. The summed E-state index contributed by atoms with van der Waals surface area (Å²) in [6, 6.07) is 17.5. The maximum Gasteiger partial charge on any atom is 0.286 e. The Balaban J connectivity index is 1.36. The van der Waals surface area contributed by atoms with Crippen molar-refractivity contribution >= 4 is 16.8 Å². The van der Waals surface area contributed by atoms with Gasteiger partial charge in [0.05, 0.1) is 32.1 Å². The molecule has 2 aromatic carbocycles. The number of H-pyrrole nitrogens is 1. The zero-order valence-corrected chi connectivity index (χ0v) is 23.3. The second-order valence-corrected chi connectivity index (χ2v) is 9.97.